The molecule has 6 heteroatoms. The molecule has 2 aromatic heterocycles. The SMILES string of the molecule is CC(C)(C)c1cc2ncc1-c1cccc(c1)Oc1ccc(cc1)-c1cccc(-c3ccccc3)c1N1CN(c3cccc(c3)Oc3ccc4c5ccccc5n-2c4c3)c2ccccc21. The van der Waals surface area contributed by atoms with Gasteiger partial charge in [0.05, 0.1) is 28.1 Å². The molecule has 0 radical (unpaired) electrons. The fourth-order valence-corrected chi connectivity index (χ4v) is 9.64. The van der Waals surface area contributed by atoms with Crippen LogP contribution in [-0.4, -0.2) is 16.2 Å². The first-order chi connectivity index (χ1) is 31.3. The van der Waals surface area contributed by atoms with E-state index >= 15 is 0 Å². The van der Waals surface area contributed by atoms with Crippen LogP contribution in [0.2, 0.25) is 0 Å². The van der Waals surface area contributed by atoms with Gasteiger partial charge in [-0.15, -0.1) is 0 Å². The Labute approximate surface area is 372 Å². The Morgan fingerprint density at radius 1 is 0.453 bits per heavy atom. The zero-order valence-corrected chi connectivity index (χ0v) is 35.9. The molecule has 5 aliphatic rings. The van der Waals surface area contributed by atoms with Crippen molar-refractivity contribution < 1.29 is 9.47 Å². The molecule has 5 aliphatic heterocycles. The molecule has 12 bridgehead atoms. The van der Waals surface area contributed by atoms with Crippen molar-refractivity contribution in [3.63, 3.8) is 0 Å². The van der Waals surface area contributed by atoms with Crippen molar-refractivity contribution in [3.05, 3.63) is 206 Å². The van der Waals surface area contributed by atoms with Gasteiger partial charge in [-0.05, 0) is 100 Å². The molecule has 6 nitrogen and oxygen atoms in total. The molecule has 0 unspecified atom stereocenters. The second-order valence-corrected chi connectivity index (χ2v) is 17.7. The molecule has 0 saturated carbocycles. The molecule has 7 heterocycles. The molecular weight excluding hydrogens is 785 g/mol. The molecule has 0 N–H and O–H groups in total. The zero-order chi connectivity index (χ0) is 42.9. The van der Waals surface area contributed by atoms with Gasteiger partial charge in [-0.25, -0.2) is 4.98 Å². The van der Waals surface area contributed by atoms with Crippen LogP contribution in [0.1, 0.15) is 26.3 Å². The Balaban J connectivity index is 1.07. The monoisotopic (exact) mass is 828 g/mol. The number of aromatic nitrogens is 2. The standard InChI is InChI=1S/C58H44N4O2/c1-58(2,3)51-35-56-59-36-50(51)40-16-11-18-43(32-40)63-42-28-26-39(27-29-42)47-22-13-21-46(38-14-5-4-6-15-38)57(47)61-37-60(53-24-9-10-25-54(53)61)41-17-12-19-44(33-41)64-45-30-31-49-48-20-7-8-23-52(48)62(56)55(49)34-45/h4-36H,37H2,1-3H3. The van der Waals surface area contributed by atoms with Crippen LogP contribution in [0.25, 0.3) is 61.0 Å². The molecule has 64 heavy (non-hydrogen) atoms. The molecule has 15 rings (SSSR count). The third-order valence-corrected chi connectivity index (χ3v) is 12.6. The first-order valence-electron chi connectivity index (χ1n) is 21.9. The molecule has 0 fully saturated rings. The molecule has 8 aromatic carbocycles. The van der Waals surface area contributed by atoms with Crippen LogP contribution in [0.5, 0.6) is 23.0 Å². The highest BCUT2D eigenvalue weighted by Crippen LogP contribution is 2.51. The van der Waals surface area contributed by atoms with Gasteiger partial charge >= 0.3 is 0 Å². The lowest BCUT2D eigenvalue weighted by atomic mass is 9.82. The summed E-state index contributed by atoms with van der Waals surface area (Å²) in [6.07, 6.45) is 2.02. The lowest BCUT2D eigenvalue weighted by Gasteiger charge is -2.27. The molecule has 0 saturated heterocycles. The van der Waals surface area contributed by atoms with Crippen molar-refractivity contribution in [1.29, 1.82) is 0 Å². The minimum Gasteiger partial charge on any atom is -0.457 e. The highest BCUT2D eigenvalue weighted by Gasteiger charge is 2.32. The van der Waals surface area contributed by atoms with E-state index in [2.05, 4.69) is 217 Å². The average Bonchev–Trinajstić information content (AvgIpc) is 3.87. The quantitative estimate of drug-likeness (QED) is 0.165. The van der Waals surface area contributed by atoms with Crippen molar-refractivity contribution in [2.75, 3.05) is 16.5 Å². The van der Waals surface area contributed by atoms with Gasteiger partial charge < -0.3 is 19.3 Å². The number of para-hydroxylation sites is 4. The van der Waals surface area contributed by atoms with Crippen molar-refractivity contribution in [1.82, 2.24) is 9.55 Å². The predicted octanol–water partition coefficient (Wildman–Crippen LogP) is 15.6. The number of nitrogens with zero attached hydrogens (tertiary/aromatic N) is 4. The number of benzene rings is 8. The maximum Gasteiger partial charge on any atom is 0.137 e. The summed E-state index contributed by atoms with van der Waals surface area (Å²) in [6.45, 7) is 7.39. The fourth-order valence-electron chi connectivity index (χ4n) is 9.64. The van der Waals surface area contributed by atoms with E-state index in [1.165, 1.54) is 5.56 Å². The smallest absolute Gasteiger partial charge is 0.137 e. The Hall–Kier alpha value is -8.09. The average molecular weight is 829 g/mol. The number of hydrogen-bond acceptors (Lipinski definition) is 5. The summed E-state index contributed by atoms with van der Waals surface area (Å²) in [7, 11) is 0. The van der Waals surface area contributed by atoms with Gasteiger partial charge in [0.1, 0.15) is 35.5 Å². The second-order valence-electron chi connectivity index (χ2n) is 17.7. The Morgan fingerprint density at radius 2 is 1.06 bits per heavy atom. The van der Waals surface area contributed by atoms with Gasteiger partial charge in [0.15, 0.2) is 0 Å². The second kappa shape index (κ2) is 14.8. The number of anilines is 4. The topological polar surface area (TPSA) is 42.8 Å². The Kier molecular flexibility index (Phi) is 8.70. The van der Waals surface area contributed by atoms with Gasteiger partial charge in [-0.2, -0.15) is 0 Å². The van der Waals surface area contributed by atoms with E-state index in [-0.39, 0.29) is 5.41 Å². The number of ether oxygens (including phenoxy) is 2. The van der Waals surface area contributed by atoms with Crippen LogP contribution in [0, 0.1) is 0 Å². The molecule has 0 aliphatic carbocycles. The van der Waals surface area contributed by atoms with Gasteiger partial charge in [0.25, 0.3) is 0 Å². The normalized spacial score (nSPS) is 13.0. The molecule has 0 atom stereocenters. The van der Waals surface area contributed by atoms with E-state index in [1.54, 1.807) is 0 Å². The van der Waals surface area contributed by atoms with E-state index in [0.717, 1.165) is 107 Å². The number of hydrogen-bond donors (Lipinski definition) is 0. The highest BCUT2D eigenvalue weighted by atomic mass is 16.5. The van der Waals surface area contributed by atoms with E-state index < -0.39 is 0 Å². The maximum atomic E-state index is 6.81. The lowest BCUT2D eigenvalue weighted by Crippen LogP contribution is -2.24. The Bertz CT molecular complexity index is 3420. The van der Waals surface area contributed by atoms with Gasteiger partial charge in [0, 0.05) is 51.5 Å². The predicted molar refractivity (Wildman–Crippen MR) is 262 cm³/mol. The summed E-state index contributed by atoms with van der Waals surface area (Å²) in [5.41, 5.74) is 14.2. The minimum absolute atomic E-state index is 0.190. The van der Waals surface area contributed by atoms with E-state index in [9.17, 15) is 0 Å². The summed E-state index contributed by atoms with van der Waals surface area (Å²) in [6, 6.07) is 68.5. The van der Waals surface area contributed by atoms with Crippen LogP contribution in [0.4, 0.5) is 22.7 Å². The molecular formula is C58H44N4O2. The van der Waals surface area contributed by atoms with Crippen LogP contribution in [-0.2, 0) is 5.41 Å². The lowest BCUT2D eigenvalue weighted by molar-refractivity contribution is 0.483. The summed E-state index contributed by atoms with van der Waals surface area (Å²) in [5, 5.41) is 2.30. The fraction of sp³-hybridized carbons (Fsp3) is 0.0862. The first kappa shape index (κ1) is 37.7. The number of fused-ring (bicyclic) bond motifs is 3. The summed E-state index contributed by atoms with van der Waals surface area (Å²) in [4.78, 5) is 10.0. The van der Waals surface area contributed by atoms with Crippen molar-refractivity contribution in [2.24, 2.45) is 0 Å². The van der Waals surface area contributed by atoms with E-state index in [1.807, 2.05) is 18.3 Å². The van der Waals surface area contributed by atoms with Gasteiger partial charge in [0.2, 0.25) is 0 Å². The van der Waals surface area contributed by atoms with Crippen LogP contribution in [0.15, 0.2) is 200 Å². The van der Waals surface area contributed by atoms with Crippen molar-refractivity contribution in [2.45, 2.75) is 26.2 Å². The van der Waals surface area contributed by atoms with E-state index in [4.69, 9.17) is 14.5 Å². The van der Waals surface area contributed by atoms with Crippen LogP contribution >= 0.6 is 0 Å². The molecule has 0 amide bonds. The third kappa shape index (κ3) is 6.37. The third-order valence-electron chi connectivity index (χ3n) is 12.6. The number of pyridine rings is 1. The summed E-state index contributed by atoms with van der Waals surface area (Å²) in [5.74, 6) is 3.89. The minimum atomic E-state index is -0.190. The van der Waals surface area contributed by atoms with Gasteiger partial charge in [-0.1, -0.05) is 130 Å². The molecule has 0 spiro atoms. The zero-order valence-electron chi connectivity index (χ0n) is 35.9. The van der Waals surface area contributed by atoms with Crippen molar-refractivity contribution >= 4 is 44.6 Å². The highest BCUT2D eigenvalue weighted by molar-refractivity contribution is 6.09. The summed E-state index contributed by atoms with van der Waals surface area (Å²) >= 11 is 0. The largest absolute Gasteiger partial charge is 0.457 e. The van der Waals surface area contributed by atoms with E-state index in [0.29, 0.717) is 6.67 Å². The van der Waals surface area contributed by atoms with Gasteiger partial charge in [-0.3, -0.25) is 4.57 Å². The van der Waals surface area contributed by atoms with Crippen LogP contribution in [0.3, 0.4) is 0 Å². The maximum absolute atomic E-state index is 6.81. The first-order valence-corrected chi connectivity index (χ1v) is 21.9. The van der Waals surface area contributed by atoms with Crippen LogP contribution < -0.4 is 19.3 Å². The Morgan fingerprint density at radius 3 is 1.86 bits per heavy atom. The number of rotatable bonds is 1. The van der Waals surface area contributed by atoms with Crippen molar-refractivity contribution in [3.8, 4) is 62.2 Å². The summed E-state index contributed by atoms with van der Waals surface area (Å²) < 4.78 is 15.7. The molecule has 308 valence electrons. The molecule has 10 aromatic rings.